The molecular formula is C20H27N3O4S. The molecule has 2 fully saturated rings. The first-order valence-electron chi connectivity index (χ1n) is 9.94. The largest absolute Gasteiger partial charge is 0.385 e. The molecule has 0 aliphatic carbocycles. The maximum absolute atomic E-state index is 12.9. The van der Waals surface area contributed by atoms with Gasteiger partial charge in [0.1, 0.15) is 0 Å². The summed E-state index contributed by atoms with van der Waals surface area (Å²) < 4.78 is 16.5. The molecule has 0 N–H and O–H groups in total. The summed E-state index contributed by atoms with van der Waals surface area (Å²) in [5.74, 6) is 1.77. The van der Waals surface area contributed by atoms with E-state index in [4.69, 9.17) is 19.0 Å². The van der Waals surface area contributed by atoms with E-state index in [0.717, 1.165) is 57.4 Å². The summed E-state index contributed by atoms with van der Waals surface area (Å²) in [6.07, 6.45) is 4.44. The predicted molar refractivity (Wildman–Crippen MR) is 105 cm³/mol. The van der Waals surface area contributed by atoms with E-state index in [1.807, 2.05) is 21.7 Å². The van der Waals surface area contributed by atoms with Crippen LogP contribution in [0.1, 0.15) is 60.1 Å². The fourth-order valence-electron chi connectivity index (χ4n) is 4.23. The van der Waals surface area contributed by atoms with Crippen molar-refractivity contribution >= 4 is 17.2 Å². The summed E-state index contributed by atoms with van der Waals surface area (Å²) in [7, 11) is 1.70. The SMILES string of the molecule is COCCC1(c2noc(C3CCOCC3)n2)CCCN(C(=O)c2ccsc2)C1. The molecule has 2 aromatic heterocycles. The first kappa shape index (κ1) is 19.5. The van der Waals surface area contributed by atoms with Crippen molar-refractivity contribution in [3.63, 3.8) is 0 Å². The van der Waals surface area contributed by atoms with Gasteiger partial charge >= 0.3 is 0 Å². The lowest BCUT2D eigenvalue weighted by Gasteiger charge is -2.40. The molecule has 0 saturated carbocycles. The molecule has 1 atom stereocenters. The number of methoxy groups -OCH3 is 1. The van der Waals surface area contributed by atoms with E-state index >= 15 is 0 Å². The minimum Gasteiger partial charge on any atom is -0.385 e. The van der Waals surface area contributed by atoms with Crippen LogP contribution in [-0.2, 0) is 14.9 Å². The van der Waals surface area contributed by atoms with E-state index in [1.165, 1.54) is 0 Å². The second kappa shape index (κ2) is 8.71. The number of nitrogens with zero attached hydrogens (tertiary/aromatic N) is 3. The van der Waals surface area contributed by atoms with Crippen LogP contribution in [0, 0.1) is 0 Å². The number of carbonyl (C=O) groups is 1. The summed E-state index contributed by atoms with van der Waals surface area (Å²) in [4.78, 5) is 19.7. The molecule has 28 heavy (non-hydrogen) atoms. The Balaban J connectivity index is 1.57. The molecule has 7 nitrogen and oxygen atoms in total. The highest BCUT2D eigenvalue weighted by molar-refractivity contribution is 7.08. The fraction of sp³-hybridized carbons (Fsp3) is 0.650. The van der Waals surface area contributed by atoms with Gasteiger partial charge in [0, 0.05) is 51.3 Å². The minimum absolute atomic E-state index is 0.0795. The molecule has 2 aliphatic rings. The normalized spacial score (nSPS) is 23.8. The lowest BCUT2D eigenvalue weighted by atomic mass is 9.76. The Morgan fingerprint density at radius 1 is 1.43 bits per heavy atom. The third-order valence-corrected chi connectivity index (χ3v) is 6.59. The van der Waals surface area contributed by atoms with Crippen molar-refractivity contribution in [2.45, 2.75) is 43.4 Å². The highest BCUT2D eigenvalue weighted by Crippen LogP contribution is 2.37. The highest BCUT2D eigenvalue weighted by Gasteiger charge is 2.43. The van der Waals surface area contributed by atoms with Gasteiger partial charge in [-0.25, -0.2) is 0 Å². The van der Waals surface area contributed by atoms with Crippen LogP contribution in [0.15, 0.2) is 21.3 Å². The van der Waals surface area contributed by atoms with Gasteiger partial charge in [0.05, 0.1) is 11.0 Å². The van der Waals surface area contributed by atoms with Crippen LogP contribution in [0.5, 0.6) is 0 Å². The van der Waals surface area contributed by atoms with Crippen molar-refractivity contribution < 1.29 is 18.8 Å². The Bertz CT molecular complexity index is 772. The van der Waals surface area contributed by atoms with Gasteiger partial charge < -0.3 is 18.9 Å². The molecule has 2 saturated heterocycles. The van der Waals surface area contributed by atoms with E-state index in [9.17, 15) is 4.79 Å². The zero-order chi connectivity index (χ0) is 19.4. The Hall–Kier alpha value is -1.77. The van der Waals surface area contributed by atoms with E-state index in [-0.39, 0.29) is 17.2 Å². The van der Waals surface area contributed by atoms with Gasteiger partial charge in [-0.2, -0.15) is 16.3 Å². The first-order valence-corrected chi connectivity index (χ1v) is 10.9. The summed E-state index contributed by atoms with van der Waals surface area (Å²) in [5.41, 5.74) is 0.427. The van der Waals surface area contributed by atoms with Crippen LogP contribution in [0.2, 0.25) is 0 Å². The number of aromatic nitrogens is 2. The number of piperidine rings is 1. The average Bonchev–Trinajstić information content (AvgIpc) is 3.45. The third-order valence-electron chi connectivity index (χ3n) is 5.90. The average molecular weight is 406 g/mol. The van der Waals surface area contributed by atoms with Crippen molar-refractivity contribution in [1.82, 2.24) is 15.0 Å². The van der Waals surface area contributed by atoms with Gasteiger partial charge in [-0.15, -0.1) is 0 Å². The van der Waals surface area contributed by atoms with Gasteiger partial charge in [0.15, 0.2) is 5.82 Å². The standard InChI is InChI=1S/C20H27N3O4S/c1-25-11-7-20(19-21-17(27-22-19)15-3-9-26-10-4-15)6-2-8-23(14-20)18(24)16-5-12-28-13-16/h5,12-13,15H,2-4,6-11,14H2,1H3. The van der Waals surface area contributed by atoms with Gasteiger partial charge in [-0.05, 0) is 43.6 Å². The van der Waals surface area contributed by atoms with E-state index in [0.29, 0.717) is 24.9 Å². The molecule has 0 bridgehead atoms. The maximum atomic E-state index is 12.9. The molecule has 0 spiro atoms. The van der Waals surface area contributed by atoms with Crippen LogP contribution >= 0.6 is 11.3 Å². The monoisotopic (exact) mass is 405 g/mol. The highest BCUT2D eigenvalue weighted by atomic mass is 32.1. The zero-order valence-electron chi connectivity index (χ0n) is 16.3. The van der Waals surface area contributed by atoms with Crippen molar-refractivity contribution in [2.75, 3.05) is 40.0 Å². The number of amides is 1. The molecule has 2 aromatic rings. The van der Waals surface area contributed by atoms with Crippen molar-refractivity contribution in [3.05, 3.63) is 34.1 Å². The summed E-state index contributed by atoms with van der Waals surface area (Å²) in [5, 5.41) is 8.23. The van der Waals surface area contributed by atoms with Gasteiger partial charge in [0.25, 0.3) is 5.91 Å². The molecule has 8 heteroatoms. The summed E-state index contributed by atoms with van der Waals surface area (Å²) >= 11 is 1.54. The Labute approximate surface area is 169 Å². The molecule has 4 heterocycles. The van der Waals surface area contributed by atoms with E-state index in [1.54, 1.807) is 18.4 Å². The maximum Gasteiger partial charge on any atom is 0.254 e. The fourth-order valence-corrected chi connectivity index (χ4v) is 4.86. The van der Waals surface area contributed by atoms with Crippen LogP contribution in [0.4, 0.5) is 0 Å². The quantitative estimate of drug-likeness (QED) is 0.734. The van der Waals surface area contributed by atoms with Crippen molar-refractivity contribution in [2.24, 2.45) is 0 Å². The predicted octanol–water partition coefficient (Wildman–Crippen LogP) is 3.24. The molecule has 152 valence electrons. The van der Waals surface area contributed by atoms with Crippen LogP contribution in [0.25, 0.3) is 0 Å². The minimum atomic E-state index is -0.327. The smallest absolute Gasteiger partial charge is 0.254 e. The third kappa shape index (κ3) is 3.99. The van der Waals surface area contributed by atoms with Crippen molar-refractivity contribution in [1.29, 1.82) is 0 Å². The number of hydrogen-bond acceptors (Lipinski definition) is 7. The van der Waals surface area contributed by atoms with Crippen LogP contribution in [-0.4, -0.2) is 61.0 Å². The number of thiophene rings is 1. The molecule has 2 aliphatic heterocycles. The molecule has 1 unspecified atom stereocenters. The summed E-state index contributed by atoms with van der Waals surface area (Å²) in [6.45, 7) is 3.42. The molecule has 0 aromatic carbocycles. The number of hydrogen-bond donors (Lipinski definition) is 0. The number of carbonyl (C=O) groups excluding carboxylic acids is 1. The molecular weight excluding hydrogens is 378 g/mol. The van der Waals surface area contributed by atoms with Gasteiger partial charge in [0.2, 0.25) is 5.89 Å². The Kier molecular flexibility index (Phi) is 6.08. The zero-order valence-corrected chi connectivity index (χ0v) is 17.1. The van der Waals surface area contributed by atoms with E-state index < -0.39 is 0 Å². The number of likely N-dealkylation sites (tertiary alicyclic amines) is 1. The topological polar surface area (TPSA) is 77.7 Å². The molecule has 4 rings (SSSR count). The lowest BCUT2D eigenvalue weighted by Crippen LogP contribution is -2.49. The number of rotatable bonds is 6. The molecule has 0 radical (unpaired) electrons. The van der Waals surface area contributed by atoms with Crippen LogP contribution < -0.4 is 0 Å². The Morgan fingerprint density at radius 2 is 2.29 bits per heavy atom. The van der Waals surface area contributed by atoms with Gasteiger partial charge in [-0.3, -0.25) is 4.79 Å². The first-order chi connectivity index (χ1) is 13.7. The van der Waals surface area contributed by atoms with Gasteiger partial charge in [-0.1, -0.05) is 5.16 Å². The number of ether oxygens (including phenoxy) is 2. The lowest BCUT2D eigenvalue weighted by molar-refractivity contribution is 0.0567. The summed E-state index contributed by atoms with van der Waals surface area (Å²) in [6, 6.07) is 1.88. The second-order valence-electron chi connectivity index (χ2n) is 7.71. The Morgan fingerprint density at radius 3 is 3.04 bits per heavy atom. The van der Waals surface area contributed by atoms with Crippen molar-refractivity contribution in [3.8, 4) is 0 Å². The van der Waals surface area contributed by atoms with Crippen LogP contribution in [0.3, 0.4) is 0 Å². The van der Waals surface area contributed by atoms with E-state index in [2.05, 4.69) is 5.16 Å². The molecule has 1 amide bonds. The second-order valence-corrected chi connectivity index (χ2v) is 8.49.